The third kappa shape index (κ3) is 19.4. The topological polar surface area (TPSA) is 48.0 Å². The Labute approximate surface area is 130 Å². The maximum absolute atomic E-state index is 10.7. The molecule has 0 N–H and O–H groups in total. The van der Waals surface area contributed by atoms with Crippen LogP contribution >= 0.6 is 0 Å². The lowest BCUT2D eigenvalue weighted by molar-refractivity contribution is -0.188. The summed E-state index contributed by atoms with van der Waals surface area (Å²) >= 11 is 0. The highest BCUT2D eigenvalue weighted by molar-refractivity contribution is 5.65. The predicted molar refractivity (Wildman–Crippen MR) is 85.9 cm³/mol. The first-order valence-electron chi connectivity index (χ1n) is 8.18. The monoisotopic (exact) mass is 305 g/mol. The van der Waals surface area contributed by atoms with Gasteiger partial charge in [0.2, 0.25) is 0 Å². The van der Waals surface area contributed by atoms with Gasteiger partial charge in [-0.1, -0.05) is 26.7 Å². The Kier molecular flexibility index (Phi) is 18.8. The van der Waals surface area contributed by atoms with Gasteiger partial charge < -0.3 is 14.3 Å². The molecule has 0 aromatic rings. The SMILES string of the molecule is CCCCN(CCCC)OC(C)=O.CCOC(C)OCC. The minimum Gasteiger partial charge on any atom is -0.368 e. The van der Waals surface area contributed by atoms with E-state index >= 15 is 0 Å². The second kappa shape index (κ2) is 17.4. The molecule has 128 valence electrons. The first kappa shape index (κ1) is 22.6. The van der Waals surface area contributed by atoms with Crippen molar-refractivity contribution in [2.75, 3.05) is 26.3 Å². The second-order valence-corrected chi connectivity index (χ2v) is 4.70. The Bertz CT molecular complexity index is 210. The molecule has 0 heterocycles. The number of rotatable bonds is 11. The molecule has 0 atom stereocenters. The van der Waals surface area contributed by atoms with Gasteiger partial charge in [0.05, 0.1) is 0 Å². The zero-order chi connectivity index (χ0) is 16.5. The second-order valence-electron chi connectivity index (χ2n) is 4.70. The first-order valence-corrected chi connectivity index (χ1v) is 8.18. The Morgan fingerprint density at radius 3 is 1.67 bits per heavy atom. The number of carbonyl (C=O) groups is 1. The number of hydrogen-bond donors (Lipinski definition) is 0. The van der Waals surface area contributed by atoms with Crippen molar-refractivity contribution in [1.29, 1.82) is 0 Å². The third-order valence-electron chi connectivity index (χ3n) is 2.58. The van der Waals surface area contributed by atoms with Gasteiger partial charge in [-0.2, -0.15) is 0 Å². The largest absolute Gasteiger partial charge is 0.368 e. The van der Waals surface area contributed by atoms with Crippen LogP contribution in [0.15, 0.2) is 0 Å². The Morgan fingerprint density at radius 1 is 0.952 bits per heavy atom. The van der Waals surface area contributed by atoms with Crippen LogP contribution in [0.25, 0.3) is 0 Å². The highest BCUT2D eigenvalue weighted by Crippen LogP contribution is 2.00. The van der Waals surface area contributed by atoms with Gasteiger partial charge >= 0.3 is 5.97 Å². The highest BCUT2D eigenvalue weighted by atomic mass is 16.7. The lowest BCUT2D eigenvalue weighted by Crippen LogP contribution is -2.28. The van der Waals surface area contributed by atoms with Crippen LogP contribution in [0, 0.1) is 0 Å². The van der Waals surface area contributed by atoms with Gasteiger partial charge in [-0.05, 0) is 33.6 Å². The number of unbranched alkanes of at least 4 members (excludes halogenated alkanes) is 2. The maximum atomic E-state index is 10.7. The van der Waals surface area contributed by atoms with Gasteiger partial charge in [-0.15, -0.1) is 5.06 Å². The number of nitrogens with zero attached hydrogens (tertiary/aromatic N) is 1. The van der Waals surface area contributed by atoms with Crippen LogP contribution in [-0.4, -0.2) is 43.6 Å². The van der Waals surface area contributed by atoms with E-state index in [9.17, 15) is 4.79 Å². The quantitative estimate of drug-likeness (QED) is 0.429. The number of hydroxylamine groups is 2. The average Bonchev–Trinajstić information content (AvgIpc) is 2.42. The van der Waals surface area contributed by atoms with Crippen LogP contribution in [0.2, 0.25) is 0 Å². The van der Waals surface area contributed by atoms with Gasteiger partial charge in [0.15, 0.2) is 6.29 Å². The molecule has 5 nitrogen and oxygen atoms in total. The highest BCUT2D eigenvalue weighted by Gasteiger charge is 2.06. The molecule has 0 rings (SSSR count). The summed E-state index contributed by atoms with van der Waals surface area (Å²) in [5.74, 6) is -0.216. The van der Waals surface area contributed by atoms with Crippen LogP contribution in [0.5, 0.6) is 0 Å². The van der Waals surface area contributed by atoms with Gasteiger partial charge in [0.1, 0.15) is 0 Å². The number of ether oxygens (including phenoxy) is 2. The van der Waals surface area contributed by atoms with Crippen molar-refractivity contribution < 1.29 is 19.1 Å². The van der Waals surface area contributed by atoms with Crippen LogP contribution in [0.1, 0.15) is 67.2 Å². The van der Waals surface area contributed by atoms with Crippen LogP contribution in [0.4, 0.5) is 0 Å². The molecular weight excluding hydrogens is 270 g/mol. The van der Waals surface area contributed by atoms with E-state index in [1.54, 1.807) is 5.06 Å². The van der Waals surface area contributed by atoms with E-state index in [2.05, 4.69) is 13.8 Å². The van der Waals surface area contributed by atoms with Crippen molar-refractivity contribution in [2.24, 2.45) is 0 Å². The summed E-state index contributed by atoms with van der Waals surface area (Å²) in [6, 6.07) is 0. The summed E-state index contributed by atoms with van der Waals surface area (Å²) in [5.41, 5.74) is 0. The molecular formula is C16H35NO4. The summed E-state index contributed by atoms with van der Waals surface area (Å²) in [5, 5.41) is 1.77. The molecule has 0 aliphatic heterocycles. The summed E-state index contributed by atoms with van der Waals surface area (Å²) in [4.78, 5) is 15.8. The lowest BCUT2D eigenvalue weighted by Gasteiger charge is -2.19. The van der Waals surface area contributed by atoms with E-state index in [-0.39, 0.29) is 12.3 Å². The molecule has 0 amide bonds. The molecule has 0 aromatic carbocycles. The van der Waals surface area contributed by atoms with Crippen molar-refractivity contribution in [2.45, 2.75) is 73.5 Å². The van der Waals surface area contributed by atoms with Crippen molar-refractivity contribution in [3.05, 3.63) is 0 Å². The molecule has 0 aliphatic carbocycles. The minimum atomic E-state index is -0.216. The lowest BCUT2D eigenvalue weighted by atomic mass is 10.3. The summed E-state index contributed by atoms with van der Waals surface area (Å²) in [7, 11) is 0. The fourth-order valence-corrected chi connectivity index (χ4v) is 1.57. The third-order valence-corrected chi connectivity index (χ3v) is 2.58. The summed E-state index contributed by atoms with van der Waals surface area (Å²) < 4.78 is 10.1. The number of carbonyl (C=O) groups excluding carboxylic acids is 1. The first-order chi connectivity index (χ1) is 10.0. The fraction of sp³-hybridized carbons (Fsp3) is 0.938. The van der Waals surface area contributed by atoms with Crippen molar-refractivity contribution >= 4 is 5.97 Å². The van der Waals surface area contributed by atoms with E-state index in [1.807, 2.05) is 20.8 Å². The molecule has 0 bridgehead atoms. The van der Waals surface area contributed by atoms with Crippen LogP contribution in [0.3, 0.4) is 0 Å². The van der Waals surface area contributed by atoms with Gasteiger partial charge in [-0.3, -0.25) is 4.79 Å². The molecule has 0 radical (unpaired) electrons. The molecule has 0 fully saturated rings. The van der Waals surface area contributed by atoms with E-state index in [1.165, 1.54) is 6.92 Å². The smallest absolute Gasteiger partial charge is 0.322 e. The van der Waals surface area contributed by atoms with E-state index < -0.39 is 0 Å². The standard InChI is InChI=1S/C10H21NO2.C6H14O2/c1-4-6-8-11(9-7-5-2)13-10(3)12;1-4-7-6(3)8-5-2/h4-9H2,1-3H3;6H,4-5H2,1-3H3. The van der Waals surface area contributed by atoms with Gasteiger partial charge in [0, 0.05) is 33.2 Å². The van der Waals surface area contributed by atoms with Gasteiger partial charge in [0.25, 0.3) is 0 Å². The molecule has 5 heteroatoms. The Balaban J connectivity index is 0. The molecule has 0 unspecified atom stereocenters. The Hall–Kier alpha value is -0.650. The predicted octanol–water partition coefficient (Wildman–Crippen LogP) is 3.77. The molecule has 0 saturated carbocycles. The molecule has 0 saturated heterocycles. The van der Waals surface area contributed by atoms with Crippen LogP contribution < -0.4 is 0 Å². The summed E-state index contributed by atoms with van der Waals surface area (Å²) in [6.45, 7) is 14.7. The van der Waals surface area contributed by atoms with E-state index in [4.69, 9.17) is 14.3 Å². The molecule has 0 spiro atoms. The zero-order valence-electron chi connectivity index (χ0n) is 14.8. The van der Waals surface area contributed by atoms with E-state index in [0.29, 0.717) is 0 Å². The average molecular weight is 305 g/mol. The molecule has 0 aliphatic rings. The zero-order valence-corrected chi connectivity index (χ0v) is 14.8. The Morgan fingerprint density at radius 2 is 1.38 bits per heavy atom. The summed E-state index contributed by atoms with van der Waals surface area (Å²) in [6.07, 6.45) is 4.38. The normalized spacial score (nSPS) is 10.5. The maximum Gasteiger partial charge on any atom is 0.322 e. The van der Waals surface area contributed by atoms with Crippen LogP contribution in [-0.2, 0) is 19.1 Å². The van der Waals surface area contributed by atoms with E-state index in [0.717, 1.165) is 52.0 Å². The molecule has 21 heavy (non-hydrogen) atoms. The van der Waals surface area contributed by atoms with Crippen molar-refractivity contribution in [3.8, 4) is 0 Å². The molecule has 0 aromatic heterocycles. The minimum absolute atomic E-state index is 0.0370. The van der Waals surface area contributed by atoms with Crippen molar-refractivity contribution in [3.63, 3.8) is 0 Å². The number of hydrogen-bond acceptors (Lipinski definition) is 5. The fourth-order valence-electron chi connectivity index (χ4n) is 1.57. The van der Waals surface area contributed by atoms with Gasteiger partial charge in [-0.25, -0.2) is 0 Å². The van der Waals surface area contributed by atoms with Crippen molar-refractivity contribution in [1.82, 2.24) is 5.06 Å².